The molecule has 2 rings (SSSR count). The fourth-order valence-electron chi connectivity index (χ4n) is 2.93. The van der Waals surface area contributed by atoms with Gasteiger partial charge in [0, 0.05) is 17.4 Å². The predicted octanol–water partition coefficient (Wildman–Crippen LogP) is 3.12. The lowest BCUT2D eigenvalue weighted by atomic mass is 9.85. The highest BCUT2D eigenvalue weighted by molar-refractivity contribution is 5.98. The molecular formula is C15H18O2. The molecule has 1 fully saturated rings. The van der Waals surface area contributed by atoms with Gasteiger partial charge in [0.05, 0.1) is 0 Å². The predicted molar refractivity (Wildman–Crippen MR) is 66.8 cm³/mol. The Kier molecular flexibility index (Phi) is 3.41. The molecule has 2 heteroatoms. The second-order valence-electron chi connectivity index (χ2n) is 4.99. The van der Waals surface area contributed by atoms with Crippen molar-refractivity contribution in [3.8, 4) is 0 Å². The Morgan fingerprint density at radius 2 is 1.65 bits per heavy atom. The second-order valence-corrected chi connectivity index (χ2v) is 4.99. The van der Waals surface area contributed by atoms with Gasteiger partial charge in [0.1, 0.15) is 5.78 Å². The molecule has 1 aromatic carbocycles. The summed E-state index contributed by atoms with van der Waals surface area (Å²) in [6, 6.07) is 9.39. The minimum absolute atomic E-state index is 0.0197. The minimum atomic E-state index is 0.0197. The van der Waals surface area contributed by atoms with Crippen LogP contribution in [-0.2, 0) is 4.79 Å². The molecule has 0 heterocycles. The molecule has 0 aromatic heterocycles. The molecule has 0 N–H and O–H groups in total. The van der Waals surface area contributed by atoms with E-state index in [1.54, 1.807) is 6.92 Å². The Labute approximate surface area is 102 Å². The van der Waals surface area contributed by atoms with E-state index in [9.17, 15) is 9.59 Å². The number of Topliss-reactive ketones (excluding diaryl/α,β-unsaturated/α-hetero) is 2. The van der Waals surface area contributed by atoms with Gasteiger partial charge in [-0.3, -0.25) is 9.59 Å². The summed E-state index contributed by atoms with van der Waals surface area (Å²) < 4.78 is 0. The SMILES string of the molecule is CC(=O)[C@@H]1CC[C@@H](C(=O)c2ccccc2)[C@@H]1C. The number of carbonyl (C=O) groups excluding carboxylic acids is 2. The van der Waals surface area contributed by atoms with Gasteiger partial charge in [-0.15, -0.1) is 0 Å². The first kappa shape index (κ1) is 12.0. The summed E-state index contributed by atoms with van der Waals surface area (Å²) in [5, 5.41) is 0. The minimum Gasteiger partial charge on any atom is -0.300 e. The number of hydrogen-bond acceptors (Lipinski definition) is 2. The van der Waals surface area contributed by atoms with Crippen LogP contribution in [0.1, 0.15) is 37.0 Å². The maximum atomic E-state index is 12.3. The lowest BCUT2D eigenvalue weighted by Crippen LogP contribution is -2.23. The third-order valence-electron chi connectivity index (χ3n) is 3.98. The molecule has 0 saturated heterocycles. The maximum absolute atomic E-state index is 12.3. The maximum Gasteiger partial charge on any atom is 0.166 e. The summed E-state index contributed by atoms with van der Waals surface area (Å²) in [7, 11) is 0. The highest BCUT2D eigenvalue weighted by Gasteiger charge is 2.39. The van der Waals surface area contributed by atoms with Crippen LogP contribution < -0.4 is 0 Å². The van der Waals surface area contributed by atoms with Crippen LogP contribution in [0.4, 0.5) is 0 Å². The average Bonchev–Trinajstić information content (AvgIpc) is 2.71. The van der Waals surface area contributed by atoms with Gasteiger partial charge >= 0.3 is 0 Å². The monoisotopic (exact) mass is 230 g/mol. The highest BCUT2D eigenvalue weighted by atomic mass is 16.1. The zero-order valence-corrected chi connectivity index (χ0v) is 10.3. The smallest absolute Gasteiger partial charge is 0.166 e. The first-order valence-electron chi connectivity index (χ1n) is 6.21. The Balaban J connectivity index is 2.15. The van der Waals surface area contributed by atoms with Gasteiger partial charge in [-0.25, -0.2) is 0 Å². The van der Waals surface area contributed by atoms with Crippen LogP contribution in [0, 0.1) is 17.8 Å². The second kappa shape index (κ2) is 4.82. The Morgan fingerprint density at radius 3 is 2.18 bits per heavy atom. The van der Waals surface area contributed by atoms with Crippen LogP contribution >= 0.6 is 0 Å². The Bertz CT molecular complexity index is 422. The average molecular weight is 230 g/mol. The van der Waals surface area contributed by atoms with Gasteiger partial charge in [-0.2, -0.15) is 0 Å². The molecule has 0 radical (unpaired) electrons. The third kappa shape index (κ3) is 2.31. The van der Waals surface area contributed by atoms with Gasteiger partial charge < -0.3 is 0 Å². The van der Waals surface area contributed by atoms with Crippen LogP contribution in [0.5, 0.6) is 0 Å². The van der Waals surface area contributed by atoms with E-state index in [1.165, 1.54) is 0 Å². The summed E-state index contributed by atoms with van der Waals surface area (Å²) in [6.07, 6.45) is 1.71. The molecule has 0 unspecified atom stereocenters. The summed E-state index contributed by atoms with van der Waals surface area (Å²) in [4.78, 5) is 23.8. The van der Waals surface area contributed by atoms with Gasteiger partial charge in [0.2, 0.25) is 0 Å². The van der Waals surface area contributed by atoms with E-state index in [4.69, 9.17) is 0 Å². The van der Waals surface area contributed by atoms with Crippen molar-refractivity contribution in [3.05, 3.63) is 35.9 Å². The summed E-state index contributed by atoms with van der Waals surface area (Å²) in [6.45, 7) is 3.67. The lowest BCUT2D eigenvalue weighted by molar-refractivity contribution is -0.121. The first-order valence-corrected chi connectivity index (χ1v) is 6.21. The lowest BCUT2D eigenvalue weighted by Gasteiger charge is -2.17. The van der Waals surface area contributed by atoms with Crippen LogP contribution in [-0.4, -0.2) is 11.6 Å². The molecule has 0 spiro atoms. The molecule has 0 bridgehead atoms. The van der Waals surface area contributed by atoms with Gasteiger partial charge in [-0.1, -0.05) is 37.3 Å². The molecule has 90 valence electrons. The number of carbonyl (C=O) groups is 2. The molecule has 1 aromatic rings. The normalized spacial score (nSPS) is 28.0. The molecule has 0 aliphatic heterocycles. The van der Waals surface area contributed by atoms with Crippen molar-refractivity contribution in [2.24, 2.45) is 17.8 Å². The van der Waals surface area contributed by atoms with Gasteiger partial charge in [0.25, 0.3) is 0 Å². The van der Waals surface area contributed by atoms with E-state index in [1.807, 2.05) is 37.3 Å². The molecule has 2 nitrogen and oxygen atoms in total. The van der Waals surface area contributed by atoms with Crippen molar-refractivity contribution in [3.63, 3.8) is 0 Å². The molecule has 17 heavy (non-hydrogen) atoms. The fourth-order valence-corrected chi connectivity index (χ4v) is 2.93. The topological polar surface area (TPSA) is 34.1 Å². The number of ketones is 2. The quantitative estimate of drug-likeness (QED) is 0.748. The summed E-state index contributed by atoms with van der Waals surface area (Å²) >= 11 is 0. The van der Waals surface area contributed by atoms with Crippen molar-refractivity contribution < 1.29 is 9.59 Å². The van der Waals surface area contributed by atoms with Crippen molar-refractivity contribution in [1.82, 2.24) is 0 Å². The standard InChI is InChI=1S/C15H18O2/c1-10-13(11(2)16)8-9-14(10)15(17)12-6-4-3-5-7-12/h3-7,10,13-14H,8-9H2,1-2H3/t10-,13-,14-/m1/s1. The number of benzene rings is 1. The number of hydrogen-bond donors (Lipinski definition) is 0. The van der Waals surface area contributed by atoms with E-state index in [2.05, 4.69) is 0 Å². The van der Waals surface area contributed by atoms with Crippen molar-refractivity contribution in [2.45, 2.75) is 26.7 Å². The van der Waals surface area contributed by atoms with Crippen LogP contribution in [0.25, 0.3) is 0 Å². The van der Waals surface area contributed by atoms with E-state index in [0.717, 1.165) is 18.4 Å². The van der Waals surface area contributed by atoms with E-state index >= 15 is 0 Å². The molecule has 3 atom stereocenters. The largest absolute Gasteiger partial charge is 0.300 e. The highest BCUT2D eigenvalue weighted by Crippen LogP contribution is 2.39. The summed E-state index contributed by atoms with van der Waals surface area (Å²) in [5.74, 6) is 0.696. The van der Waals surface area contributed by atoms with Gasteiger partial charge in [-0.05, 0) is 25.7 Å². The van der Waals surface area contributed by atoms with Crippen molar-refractivity contribution in [1.29, 1.82) is 0 Å². The van der Waals surface area contributed by atoms with Crippen LogP contribution in [0.2, 0.25) is 0 Å². The first-order chi connectivity index (χ1) is 8.11. The third-order valence-corrected chi connectivity index (χ3v) is 3.98. The molecule has 0 amide bonds. The zero-order chi connectivity index (χ0) is 12.4. The van der Waals surface area contributed by atoms with Crippen LogP contribution in [0.3, 0.4) is 0 Å². The molecule has 1 saturated carbocycles. The van der Waals surface area contributed by atoms with Gasteiger partial charge in [0.15, 0.2) is 5.78 Å². The fraction of sp³-hybridized carbons (Fsp3) is 0.467. The van der Waals surface area contributed by atoms with Crippen molar-refractivity contribution >= 4 is 11.6 Å². The van der Waals surface area contributed by atoms with E-state index in [0.29, 0.717) is 0 Å². The zero-order valence-electron chi connectivity index (χ0n) is 10.3. The van der Waals surface area contributed by atoms with Crippen molar-refractivity contribution in [2.75, 3.05) is 0 Å². The number of rotatable bonds is 3. The Hall–Kier alpha value is -1.44. The molecular weight excluding hydrogens is 212 g/mol. The molecule has 1 aliphatic carbocycles. The molecule has 1 aliphatic rings. The summed E-state index contributed by atoms with van der Waals surface area (Å²) in [5.41, 5.74) is 0.772. The van der Waals surface area contributed by atoms with E-state index < -0.39 is 0 Å². The van der Waals surface area contributed by atoms with Crippen LogP contribution in [0.15, 0.2) is 30.3 Å². The van der Waals surface area contributed by atoms with E-state index in [-0.39, 0.29) is 29.3 Å². The Morgan fingerprint density at radius 1 is 1.06 bits per heavy atom.